The largest absolute Gasteiger partial charge is 0.494 e. The molecule has 1 aromatic heterocycles. The van der Waals surface area contributed by atoms with Crippen LogP contribution in [0.3, 0.4) is 0 Å². The van der Waals surface area contributed by atoms with Gasteiger partial charge in [0.1, 0.15) is 12.3 Å². The number of nitrogens with zero attached hydrogens (tertiary/aromatic N) is 2. The lowest BCUT2D eigenvalue weighted by Crippen LogP contribution is -2.30. The van der Waals surface area contributed by atoms with E-state index in [0.717, 1.165) is 10.3 Å². The lowest BCUT2D eigenvalue weighted by molar-refractivity contribution is -0.116. The molecule has 0 unspecified atom stereocenters. The molecule has 0 atom stereocenters. The Morgan fingerprint density at radius 2 is 2.05 bits per heavy atom. The average Bonchev–Trinajstić information content (AvgIpc) is 2.45. The van der Waals surface area contributed by atoms with Crippen LogP contribution in [0, 0.1) is 6.92 Å². The van der Waals surface area contributed by atoms with Crippen molar-refractivity contribution in [3.05, 3.63) is 46.4 Å². The van der Waals surface area contributed by atoms with E-state index in [1.807, 2.05) is 6.92 Å². The van der Waals surface area contributed by atoms with Gasteiger partial charge in [-0.25, -0.2) is 4.98 Å². The molecule has 7 heteroatoms. The van der Waals surface area contributed by atoms with Gasteiger partial charge in [-0.15, -0.1) is 0 Å². The molecule has 0 aliphatic carbocycles. The topological polar surface area (TPSA) is 99.2 Å². The summed E-state index contributed by atoms with van der Waals surface area (Å²) in [5.74, 6) is 0.388. The van der Waals surface area contributed by atoms with Gasteiger partial charge in [0.2, 0.25) is 11.9 Å². The zero-order valence-electron chi connectivity index (χ0n) is 12.5. The predicted molar refractivity (Wildman–Crippen MR) is 83.9 cm³/mol. The van der Waals surface area contributed by atoms with E-state index in [-0.39, 0.29) is 24.0 Å². The van der Waals surface area contributed by atoms with Crippen LogP contribution in [0.15, 0.2) is 35.1 Å². The summed E-state index contributed by atoms with van der Waals surface area (Å²) < 4.78 is 6.44. The van der Waals surface area contributed by atoms with E-state index in [0.29, 0.717) is 18.0 Å². The number of benzene rings is 1. The molecule has 2 rings (SSSR count). The third kappa shape index (κ3) is 3.85. The molecule has 0 bridgehead atoms. The summed E-state index contributed by atoms with van der Waals surface area (Å²) in [6, 6.07) is 8.30. The van der Waals surface area contributed by atoms with Crippen molar-refractivity contribution in [2.45, 2.75) is 20.4 Å². The average molecular weight is 302 g/mol. The number of rotatable bonds is 5. The number of hydrogen-bond donors (Lipinski definition) is 2. The smallest absolute Gasteiger partial charge is 0.255 e. The molecule has 0 saturated carbocycles. The van der Waals surface area contributed by atoms with E-state index < -0.39 is 0 Å². The first kappa shape index (κ1) is 15.6. The van der Waals surface area contributed by atoms with Crippen LogP contribution < -0.4 is 21.3 Å². The summed E-state index contributed by atoms with van der Waals surface area (Å²) in [5, 5.41) is 2.69. The van der Waals surface area contributed by atoms with E-state index in [9.17, 15) is 9.59 Å². The number of carbonyl (C=O) groups excluding carboxylic acids is 1. The number of nitrogen functional groups attached to an aromatic ring is 1. The maximum atomic E-state index is 12.0. The standard InChI is InChI=1S/C15H18N4O3/c1-3-22-12-6-4-11(5-7-12)18-13(20)9-19-14(21)8-10(2)17-15(19)16/h4-8H,3,9H2,1-2H3,(H2,16,17)(H,18,20). The Kier molecular flexibility index (Phi) is 4.77. The first-order valence-electron chi connectivity index (χ1n) is 6.86. The number of nitrogens with one attached hydrogen (secondary N) is 1. The Labute approximate surface area is 127 Å². The lowest BCUT2D eigenvalue weighted by Gasteiger charge is -2.10. The van der Waals surface area contributed by atoms with Crippen molar-refractivity contribution in [3.63, 3.8) is 0 Å². The minimum absolute atomic E-state index is 0.0202. The van der Waals surface area contributed by atoms with Crippen molar-refractivity contribution in [2.24, 2.45) is 0 Å². The molecule has 0 aliphatic rings. The number of anilines is 2. The SMILES string of the molecule is CCOc1ccc(NC(=O)Cn2c(N)nc(C)cc2=O)cc1. The molecule has 116 valence electrons. The number of aryl methyl sites for hydroxylation is 1. The van der Waals surface area contributed by atoms with Crippen LogP contribution in [0.5, 0.6) is 5.75 Å². The fraction of sp³-hybridized carbons (Fsp3) is 0.267. The molecule has 0 radical (unpaired) electrons. The van der Waals surface area contributed by atoms with Gasteiger partial charge >= 0.3 is 0 Å². The van der Waals surface area contributed by atoms with E-state index in [4.69, 9.17) is 10.5 Å². The van der Waals surface area contributed by atoms with Crippen molar-refractivity contribution in [3.8, 4) is 5.75 Å². The van der Waals surface area contributed by atoms with Gasteiger partial charge in [0.05, 0.1) is 6.61 Å². The highest BCUT2D eigenvalue weighted by atomic mass is 16.5. The minimum atomic E-state index is -0.358. The summed E-state index contributed by atoms with van der Waals surface area (Å²) in [5.41, 5.74) is 6.45. The third-order valence-corrected chi connectivity index (χ3v) is 2.92. The van der Waals surface area contributed by atoms with Crippen LogP contribution in [-0.2, 0) is 11.3 Å². The maximum Gasteiger partial charge on any atom is 0.255 e. The molecule has 1 heterocycles. The van der Waals surface area contributed by atoms with E-state index in [1.165, 1.54) is 6.07 Å². The second kappa shape index (κ2) is 6.75. The summed E-state index contributed by atoms with van der Waals surface area (Å²) in [7, 11) is 0. The number of aromatic nitrogens is 2. The van der Waals surface area contributed by atoms with Crippen molar-refractivity contribution in [1.29, 1.82) is 0 Å². The highest BCUT2D eigenvalue weighted by Crippen LogP contribution is 2.15. The fourth-order valence-corrected chi connectivity index (χ4v) is 1.95. The number of ether oxygens (including phenoxy) is 1. The van der Waals surface area contributed by atoms with Crippen LogP contribution in [0.1, 0.15) is 12.6 Å². The van der Waals surface area contributed by atoms with Crippen molar-refractivity contribution < 1.29 is 9.53 Å². The lowest BCUT2D eigenvalue weighted by atomic mass is 10.3. The molecule has 0 spiro atoms. The molecular formula is C15H18N4O3. The second-order valence-electron chi connectivity index (χ2n) is 4.69. The highest BCUT2D eigenvalue weighted by molar-refractivity contribution is 5.90. The summed E-state index contributed by atoms with van der Waals surface area (Å²) in [4.78, 5) is 27.8. The quantitative estimate of drug-likeness (QED) is 0.863. The normalized spacial score (nSPS) is 10.3. The van der Waals surface area contributed by atoms with Crippen LogP contribution in [0.2, 0.25) is 0 Å². The number of hydrogen-bond acceptors (Lipinski definition) is 5. The molecule has 7 nitrogen and oxygen atoms in total. The van der Waals surface area contributed by atoms with E-state index >= 15 is 0 Å². The second-order valence-corrected chi connectivity index (χ2v) is 4.69. The Hall–Kier alpha value is -2.83. The zero-order chi connectivity index (χ0) is 16.1. The first-order chi connectivity index (χ1) is 10.5. The van der Waals surface area contributed by atoms with Crippen LogP contribution in [0.4, 0.5) is 11.6 Å². The summed E-state index contributed by atoms with van der Waals surface area (Å²) >= 11 is 0. The molecule has 1 aromatic carbocycles. The predicted octanol–water partition coefficient (Wildman–Crippen LogP) is 1.17. The van der Waals surface area contributed by atoms with E-state index in [1.54, 1.807) is 31.2 Å². The zero-order valence-corrected chi connectivity index (χ0v) is 12.5. The van der Waals surface area contributed by atoms with Gasteiger partial charge in [0, 0.05) is 17.4 Å². The Morgan fingerprint density at radius 1 is 1.36 bits per heavy atom. The van der Waals surface area contributed by atoms with Crippen LogP contribution in [-0.4, -0.2) is 22.1 Å². The summed E-state index contributed by atoms with van der Waals surface area (Å²) in [6.45, 7) is 3.95. The molecule has 1 amide bonds. The first-order valence-corrected chi connectivity index (χ1v) is 6.86. The molecule has 0 aliphatic heterocycles. The van der Waals surface area contributed by atoms with Gasteiger partial charge in [-0.05, 0) is 38.1 Å². The molecular weight excluding hydrogens is 284 g/mol. The van der Waals surface area contributed by atoms with Gasteiger partial charge in [-0.3, -0.25) is 14.2 Å². The molecule has 22 heavy (non-hydrogen) atoms. The Bertz CT molecular complexity index is 723. The maximum absolute atomic E-state index is 12.0. The summed E-state index contributed by atoms with van der Waals surface area (Å²) in [6.07, 6.45) is 0. The number of carbonyl (C=O) groups is 1. The number of nitrogens with two attached hydrogens (primary N) is 1. The van der Waals surface area contributed by atoms with Crippen LogP contribution >= 0.6 is 0 Å². The fourth-order valence-electron chi connectivity index (χ4n) is 1.95. The van der Waals surface area contributed by atoms with Gasteiger partial charge in [0.15, 0.2) is 0 Å². The third-order valence-electron chi connectivity index (χ3n) is 2.92. The van der Waals surface area contributed by atoms with Gasteiger partial charge in [-0.2, -0.15) is 0 Å². The molecule has 0 fully saturated rings. The van der Waals surface area contributed by atoms with Gasteiger partial charge in [0.25, 0.3) is 5.56 Å². The molecule has 2 aromatic rings. The van der Waals surface area contributed by atoms with Gasteiger partial charge in [-0.1, -0.05) is 0 Å². The monoisotopic (exact) mass is 302 g/mol. The highest BCUT2D eigenvalue weighted by Gasteiger charge is 2.09. The number of amides is 1. The Morgan fingerprint density at radius 3 is 2.64 bits per heavy atom. The van der Waals surface area contributed by atoms with Crippen molar-refractivity contribution in [1.82, 2.24) is 9.55 Å². The molecule has 3 N–H and O–H groups in total. The van der Waals surface area contributed by atoms with Crippen molar-refractivity contribution in [2.75, 3.05) is 17.7 Å². The Balaban J connectivity index is 2.06. The van der Waals surface area contributed by atoms with E-state index in [2.05, 4.69) is 10.3 Å². The minimum Gasteiger partial charge on any atom is -0.494 e. The van der Waals surface area contributed by atoms with Crippen molar-refractivity contribution >= 4 is 17.5 Å². The molecule has 0 saturated heterocycles. The van der Waals surface area contributed by atoms with Crippen LogP contribution in [0.25, 0.3) is 0 Å². The van der Waals surface area contributed by atoms with Gasteiger partial charge < -0.3 is 15.8 Å².